The first kappa shape index (κ1) is 20.7. The Kier molecular flexibility index (Phi) is 6.47. The van der Waals surface area contributed by atoms with Crippen molar-refractivity contribution >= 4 is 15.7 Å². The van der Waals surface area contributed by atoms with Crippen LogP contribution < -0.4 is 4.74 Å². The van der Waals surface area contributed by atoms with Crippen LogP contribution in [0.1, 0.15) is 75.7 Å². The Morgan fingerprint density at radius 2 is 1.55 bits per heavy atom. The lowest BCUT2D eigenvalue weighted by atomic mass is 9.84. The van der Waals surface area contributed by atoms with Crippen LogP contribution in [0.25, 0.3) is 0 Å². The smallest absolute Gasteiger partial charge is 0.261 e. The third-order valence-electron chi connectivity index (χ3n) is 6.93. The number of ether oxygens (including phenoxy) is 1. The Morgan fingerprint density at radius 3 is 2.17 bits per heavy atom. The molecule has 2 aliphatic carbocycles. The van der Waals surface area contributed by atoms with E-state index >= 15 is 0 Å². The summed E-state index contributed by atoms with van der Waals surface area (Å²) >= 11 is 0. The molecule has 29 heavy (non-hydrogen) atoms. The van der Waals surface area contributed by atoms with E-state index in [-0.39, 0.29) is 36.1 Å². The minimum absolute atomic E-state index is 0.0180. The highest BCUT2D eigenvalue weighted by Gasteiger charge is 2.39. The molecule has 3 aliphatic rings. The third kappa shape index (κ3) is 5.14. The lowest BCUT2D eigenvalue weighted by Crippen LogP contribution is -2.48. The van der Waals surface area contributed by atoms with Gasteiger partial charge in [0.1, 0.15) is 5.75 Å². The second kappa shape index (κ2) is 9.07. The van der Waals surface area contributed by atoms with E-state index in [0.29, 0.717) is 18.1 Å². The van der Waals surface area contributed by atoms with Gasteiger partial charge in [-0.2, -0.15) is 0 Å². The predicted molar refractivity (Wildman–Crippen MR) is 114 cm³/mol. The lowest BCUT2D eigenvalue weighted by Gasteiger charge is -2.34. The Hall–Kier alpha value is -1.56. The molecule has 1 aromatic rings. The van der Waals surface area contributed by atoms with Crippen LogP contribution in [0, 0.1) is 0 Å². The Balaban J connectivity index is 1.37. The summed E-state index contributed by atoms with van der Waals surface area (Å²) in [6.07, 6.45) is 11.2. The summed E-state index contributed by atoms with van der Waals surface area (Å²) in [5, 5.41) is 0. The van der Waals surface area contributed by atoms with Crippen molar-refractivity contribution in [2.24, 2.45) is 0 Å². The number of sulfone groups is 1. The van der Waals surface area contributed by atoms with Gasteiger partial charge >= 0.3 is 0 Å². The van der Waals surface area contributed by atoms with E-state index in [1.54, 1.807) is 0 Å². The molecule has 1 aromatic carbocycles. The van der Waals surface area contributed by atoms with Crippen LogP contribution in [0.4, 0.5) is 0 Å². The van der Waals surface area contributed by atoms with Crippen molar-refractivity contribution in [3.63, 3.8) is 0 Å². The number of hydrogen-bond donors (Lipinski definition) is 0. The molecule has 160 valence electrons. The van der Waals surface area contributed by atoms with Crippen LogP contribution in [0.15, 0.2) is 24.3 Å². The normalized spacial score (nSPS) is 25.2. The molecule has 0 N–H and O–H groups in total. The van der Waals surface area contributed by atoms with Crippen molar-refractivity contribution in [2.45, 2.75) is 82.2 Å². The van der Waals surface area contributed by atoms with E-state index in [4.69, 9.17) is 4.74 Å². The molecule has 1 heterocycles. The zero-order valence-corrected chi connectivity index (χ0v) is 18.0. The first-order chi connectivity index (χ1) is 14.0. The largest absolute Gasteiger partial charge is 0.484 e. The Bertz CT molecular complexity index is 793. The molecule has 1 atom stereocenters. The van der Waals surface area contributed by atoms with Crippen LogP contribution in [0.5, 0.6) is 5.75 Å². The van der Waals surface area contributed by atoms with Crippen molar-refractivity contribution in [3.05, 3.63) is 29.8 Å². The Morgan fingerprint density at radius 1 is 0.897 bits per heavy atom. The summed E-state index contributed by atoms with van der Waals surface area (Å²) in [6, 6.07) is 8.18. The van der Waals surface area contributed by atoms with E-state index < -0.39 is 9.84 Å². The summed E-state index contributed by atoms with van der Waals surface area (Å²) in [6.45, 7) is -0.0180. The first-order valence-corrected chi connectivity index (χ1v) is 13.1. The van der Waals surface area contributed by atoms with E-state index in [9.17, 15) is 13.2 Å². The number of amides is 1. The molecular formula is C23H33NO4S. The third-order valence-corrected chi connectivity index (χ3v) is 8.68. The van der Waals surface area contributed by atoms with Crippen molar-refractivity contribution in [1.29, 1.82) is 0 Å². The van der Waals surface area contributed by atoms with Gasteiger partial charge in [0.15, 0.2) is 16.4 Å². The van der Waals surface area contributed by atoms with Crippen molar-refractivity contribution in [2.75, 3.05) is 18.1 Å². The maximum absolute atomic E-state index is 13.0. The van der Waals surface area contributed by atoms with Gasteiger partial charge in [-0.1, -0.05) is 44.2 Å². The van der Waals surface area contributed by atoms with Gasteiger partial charge in [-0.05, 0) is 55.7 Å². The maximum Gasteiger partial charge on any atom is 0.261 e. The number of carbonyl (C=O) groups excluding carboxylic acids is 1. The van der Waals surface area contributed by atoms with Crippen LogP contribution in [-0.4, -0.2) is 49.4 Å². The first-order valence-electron chi connectivity index (χ1n) is 11.3. The molecular weight excluding hydrogens is 386 g/mol. The fourth-order valence-corrected chi connectivity index (χ4v) is 7.09. The molecule has 4 rings (SSSR count). The summed E-state index contributed by atoms with van der Waals surface area (Å²) in [5.74, 6) is 1.59. The number of nitrogens with zero attached hydrogens (tertiary/aromatic N) is 1. The molecule has 0 aromatic heterocycles. The lowest BCUT2D eigenvalue weighted by molar-refractivity contribution is -0.137. The van der Waals surface area contributed by atoms with Crippen molar-refractivity contribution in [3.8, 4) is 5.75 Å². The SMILES string of the molecule is O=C(COc1ccc(C2CCCCC2)cc1)N(C1CCCC1)C1CCS(=O)(=O)C1. The predicted octanol–water partition coefficient (Wildman–Crippen LogP) is 4.07. The van der Waals surface area contributed by atoms with Crippen LogP contribution in [0.2, 0.25) is 0 Å². The monoisotopic (exact) mass is 419 g/mol. The highest BCUT2D eigenvalue weighted by molar-refractivity contribution is 7.91. The Labute approximate surface area is 174 Å². The van der Waals surface area contributed by atoms with Gasteiger partial charge in [0.05, 0.1) is 11.5 Å². The van der Waals surface area contributed by atoms with Gasteiger partial charge in [-0.15, -0.1) is 0 Å². The van der Waals surface area contributed by atoms with Crippen LogP contribution >= 0.6 is 0 Å². The molecule has 2 saturated carbocycles. The van der Waals surface area contributed by atoms with Gasteiger partial charge in [-0.3, -0.25) is 4.79 Å². The topological polar surface area (TPSA) is 63.7 Å². The number of rotatable bonds is 6. The maximum atomic E-state index is 13.0. The standard InChI is InChI=1S/C23H33NO4S/c25-23(24(20-8-4-5-9-20)21-14-15-29(26,27)17-21)16-28-22-12-10-19(11-13-22)18-6-2-1-3-7-18/h10-13,18,20-21H,1-9,14-17H2. The van der Waals surface area contributed by atoms with Gasteiger partial charge < -0.3 is 9.64 Å². The molecule has 1 amide bonds. The highest BCUT2D eigenvalue weighted by atomic mass is 32.2. The van der Waals surface area contributed by atoms with E-state index in [1.807, 2.05) is 17.0 Å². The number of benzene rings is 1. The highest BCUT2D eigenvalue weighted by Crippen LogP contribution is 2.33. The average molecular weight is 420 g/mol. The van der Waals surface area contributed by atoms with Gasteiger partial charge in [0.2, 0.25) is 0 Å². The summed E-state index contributed by atoms with van der Waals surface area (Å²) in [7, 11) is -3.02. The fraction of sp³-hybridized carbons (Fsp3) is 0.696. The molecule has 0 bridgehead atoms. The van der Waals surface area contributed by atoms with Crippen LogP contribution in [0.3, 0.4) is 0 Å². The van der Waals surface area contributed by atoms with E-state index in [1.165, 1.54) is 37.7 Å². The second-order valence-electron chi connectivity index (χ2n) is 8.99. The van der Waals surface area contributed by atoms with E-state index in [0.717, 1.165) is 25.7 Å². The molecule has 0 spiro atoms. The summed E-state index contributed by atoms with van der Waals surface area (Å²) in [4.78, 5) is 14.9. The summed E-state index contributed by atoms with van der Waals surface area (Å²) < 4.78 is 29.7. The molecule has 6 heteroatoms. The molecule has 1 saturated heterocycles. The van der Waals surface area contributed by atoms with Gasteiger partial charge in [-0.25, -0.2) is 8.42 Å². The number of carbonyl (C=O) groups is 1. The molecule has 1 aliphatic heterocycles. The molecule has 0 radical (unpaired) electrons. The fourth-order valence-electron chi connectivity index (χ4n) is 5.37. The van der Waals surface area contributed by atoms with Crippen molar-refractivity contribution in [1.82, 2.24) is 4.90 Å². The van der Waals surface area contributed by atoms with Gasteiger partial charge in [0, 0.05) is 12.1 Å². The van der Waals surface area contributed by atoms with Gasteiger partial charge in [0.25, 0.3) is 5.91 Å². The molecule has 3 fully saturated rings. The quantitative estimate of drug-likeness (QED) is 0.697. The minimum atomic E-state index is -3.02. The van der Waals surface area contributed by atoms with Crippen molar-refractivity contribution < 1.29 is 17.9 Å². The van der Waals surface area contributed by atoms with E-state index in [2.05, 4.69) is 12.1 Å². The molecule has 5 nitrogen and oxygen atoms in total. The second-order valence-corrected chi connectivity index (χ2v) is 11.2. The van der Waals surface area contributed by atoms with Crippen LogP contribution in [-0.2, 0) is 14.6 Å². The summed E-state index contributed by atoms with van der Waals surface area (Å²) in [5.41, 5.74) is 1.37. The number of hydrogen-bond acceptors (Lipinski definition) is 4. The zero-order chi connectivity index (χ0) is 20.3. The minimum Gasteiger partial charge on any atom is -0.484 e. The zero-order valence-electron chi connectivity index (χ0n) is 17.2. The average Bonchev–Trinajstić information content (AvgIpc) is 3.38. The molecule has 1 unspecified atom stereocenters.